The van der Waals surface area contributed by atoms with Crippen LogP contribution in [-0.2, 0) is 11.3 Å². The van der Waals surface area contributed by atoms with Crippen LogP contribution in [0.2, 0.25) is 0 Å². The van der Waals surface area contributed by atoms with Crippen LogP contribution in [0, 0.1) is 0 Å². The SMILES string of the molecule is CCn1c2ccc(C(=O)c3ccc(N4CCOCC4)cc3)cc2c2cc(C(C)=NO)ccc21. The van der Waals surface area contributed by atoms with Crippen molar-refractivity contribution in [3.8, 4) is 0 Å². The summed E-state index contributed by atoms with van der Waals surface area (Å²) in [5, 5.41) is 14.6. The third kappa shape index (κ3) is 3.76. The Balaban J connectivity index is 1.54. The van der Waals surface area contributed by atoms with Gasteiger partial charge < -0.3 is 19.4 Å². The van der Waals surface area contributed by atoms with Gasteiger partial charge in [0.15, 0.2) is 5.78 Å². The number of rotatable bonds is 5. The van der Waals surface area contributed by atoms with E-state index < -0.39 is 0 Å². The van der Waals surface area contributed by atoms with E-state index in [1.807, 2.05) is 54.6 Å². The monoisotopic (exact) mass is 441 g/mol. The highest BCUT2D eigenvalue weighted by atomic mass is 16.5. The average Bonchev–Trinajstić information content (AvgIpc) is 3.20. The molecule has 0 amide bonds. The van der Waals surface area contributed by atoms with Crippen molar-refractivity contribution in [2.45, 2.75) is 20.4 Å². The molecule has 0 bridgehead atoms. The molecule has 0 spiro atoms. The van der Waals surface area contributed by atoms with Crippen molar-refractivity contribution in [2.75, 3.05) is 31.2 Å². The molecule has 4 aromatic rings. The maximum absolute atomic E-state index is 13.3. The molecule has 0 unspecified atom stereocenters. The minimum absolute atomic E-state index is 0.00656. The molecule has 6 nitrogen and oxygen atoms in total. The Morgan fingerprint density at radius 1 is 0.909 bits per heavy atom. The fraction of sp³-hybridized carbons (Fsp3) is 0.259. The molecule has 1 saturated heterocycles. The van der Waals surface area contributed by atoms with Gasteiger partial charge in [0.25, 0.3) is 0 Å². The van der Waals surface area contributed by atoms with Crippen LogP contribution >= 0.6 is 0 Å². The number of anilines is 1. The lowest BCUT2D eigenvalue weighted by Gasteiger charge is -2.28. The van der Waals surface area contributed by atoms with Crippen molar-refractivity contribution in [2.24, 2.45) is 5.16 Å². The molecule has 3 aromatic carbocycles. The highest BCUT2D eigenvalue weighted by Gasteiger charge is 2.16. The van der Waals surface area contributed by atoms with Gasteiger partial charge in [-0.15, -0.1) is 0 Å². The number of morpholine rings is 1. The normalized spacial score (nSPS) is 14.8. The summed E-state index contributed by atoms with van der Waals surface area (Å²) in [5.41, 5.74) is 6.05. The first kappa shape index (κ1) is 21.2. The average molecular weight is 442 g/mol. The van der Waals surface area contributed by atoms with E-state index in [2.05, 4.69) is 27.6 Å². The Labute approximate surface area is 192 Å². The third-order valence-corrected chi connectivity index (χ3v) is 6.52. The Morgan fingerprint density at radius 3 is 2.09 bits per heavy atom. The Bertz CT molecular complexity index is 1360. The maximum Gasteiger partial charge on any atom is 0.193 e. The Kier molecular flexibility index (Phi) is 5.60. The molecular weight excluding hydrogens is 414 g/mol. The fourth-order valence-electron chi connectivity index (χ4n) is 4.68. The molecular formula is C27H27N3O3. The molecule has 0 saturated carbocycles. The first-order valence-corrected chi connectivity index (χ1v) is 11.3. The number of carbonyl (C=O) groups is 1. The number of carbonyl (C=O) groups excluding carboxylic acids is 1. The summed E-state index contributed by atoms with van der Waals surface area (Å²) in [4.78, 5) is 15.6. The first-order chi connectivity index (χ1) is 16.1. The summed E-state index contributed by atoms with van der Waals surface area (Å²) in [6, 6.07) is 19.8. The molecule has 0 aliphatic carbocycles. The number of fused-ring (bicyclic) bond motifs is 3. The zero-order valence-corrected chi connectivity index (χ0v) is 18.9. The van der Waals surface area contributed by atoms with E-state index in [4.69, 9.17) is 4.74 Å². The number of ketones is 1. The van der Waals surface area contributed by atoms with E-state index in [-0.39, 0.29) is 5.78 Å². The lowest BCUT2D eigenvalue weighted by atomic mass is 10.00. The summed E-state index contributed by atoms with van der Waals surface area (Å²) < 4.78 is 7.67. The van der Waals surface area contributed by atoms with Gasteiger partial charge >= 0.3 is 0 Å². The van der Waals surface area contributed by atoms with Gasteiger partial charge in [0, 0.05) is 58.3 Å². The highest BCUT2D eigenvalue weighted by molar-refractivity contribution is 6.16. The second-order valence-corrected chi connectivity index (χ2v) is 8.37. The molecule has 1 N–H and O–H groups in total. The minimum Gasteiger partial charge on any atom is -0.411 e. The van der Waals surface area contributed by atoms with Crippen LogP contribution in [0.5, 0.6) is 0 Å². The van der Waals surface area contributed by atoms with Crippen molar-refractivity contribution in [1.29, 1.82) is 0 Å². The van der Waals surface area contributed by atoms with Gasteiger partial charge in [-0.25, -0.2) is 0 Å². The molecule has 2 heterocycles. The van der Waals surface area contributed by atoms with Crippen LogP contribution < -0.4 is 4.90 Å². The topological polar surface area (TPSA) is 67.1 Å². The molecule has 1 aromatic heterocycles. The zero-order chi connectivity index (χ0) is 22.9. The van der Waals surface area contributed by atoms with Crippen molar-refractivity contribution in [3.05, 3.63) is 77.4 Å². The van der Waals surface area contributed by atoms with E-state index in [0.29, 0.717) is 16.8 Å². The number of aryl methyl sites for hydroxylation is 1. The third-order valence-electron chi connectivity index (χ3n) is 6.52. The largest absolute Gasteiger partial charge is 0.411 e. The summed E-state index contributed by atoms with van der Waals surface area (Å²) in [6.45, 7) is 7.91. The van der Waals surface area contributed by atoms with Gasteiger partial charge in [-0.1, -0.05) is 11.2 Å². The number of aromatic nitrogens is 1. The van der Waals surface area contributed by atoms with E-state index in [1.165, 1.54) is 0 Å². The van der Waals surface area contributed by atoms with Crippen LogP contribution in [0.25, 0.3) is 21.8 Å². The van der Waals surface area contributed by atoms with Gasteiger partial charge in [-0.3, -0.25) is 4.79 Å². The minimum atomic E-state index is 0.00656. The first-order valence-electron chi connectivity index (χ1n) is 11.3. The second kappa shape index (κ2) is 8.71. The van der Waals surface area contributed by atoms with Crippen LogP contribution in [0.15, 0.2) is 65.8 Å². The van der Waals surface area contributed by atoms with Crippen LogP contribution in [0.3, 0.4) is 0 Å². The van der Waals surface area contributed by atoms with Crippen LogP contribution in [0.4, 0.5) is 5.69 Å². The molecule has 33 heavy (non-hydrogen) atoms. The lowest BCUT2D eigenvalue weighted by Crippen LogP contribution is -2.36. The molecule has 1 fully saturated rings. The number of hydrogen-bond donors (Lipinski definition) is 1. The maximum atomic E-state index is 13.3. The van der Waals surface area contributed by atoms with Gasteiger partial charge in [0.2, 0.25) is 0 Å². The molecule has 1 aliphatic rings. The van der Waals surface area contributed by atoms with E-state index in [1.54, 1.807) is 6.92 Å². The van der Waals surface area contributed by atoms with Crippen molar-refractivity contribution < 1.29 is 14.7 Å². The van der Waals surface area contributed by atoms with Crippen molar-refractivity contribution in [3.63, 3.8) is 0 Å². The van der Waals surface area contributed by atoms with E-state index >= 15 is 0 Å². The van der Waals surface area contributed by atoms with Gasteiger partial charge in [-0.2, -0.15) is 0 Å². The lowest BCUT2D eigenvalue weighted by molar-refractivity contribution is 0.103. The van der Waals surface area contributed by atoms with Gasteiger partial charge in [0.05, 0.1) is 18.9 Å². The smallest absolute Gasteiger partial charge is 0.193 e. The summed E-state index contributed by atoms with van der Waals surface area (Å²) in [7, 11) is 0. The summed E-state index contributed by atoms with van der Waals surface area (Å²) in [6.07, 6.45) is 0. The number of nitrogens with zero attached hydrogens (tertiary/aromatic N) is 3. The predicted octanol–water partition coefficient (Wildman–Crippen LogP) is 5.08. The fourth-order valence-corrected chi connectivity index (χ4v) is 4.68. The number of hydrogen-bond acceptors (Lipinski definition) is 5. The molecule has 6 heteroatoms. The standard InChI is InChI=1S/C27H27N3O3/c1-3-30-25-10-6-20(18(2)28-32)16-23(25)24-17-21(7-11-26(24)30)27(31)19-4-8-22(9-5-19)29-12-14-33-15-13-29/h4-11,16-17,32H,3,12-15H2,1-2H3. The van der Waals surface area contributed by atoms with Crippen molar-refractivity contribution in [1.82, 2.24) is 4.57 Å². The quantitative estimate of drug-likeness (QED) is 0.203. The zero-order valence-electron chi connectivity index (χ0n) is 18.9. The predicted molar refractivity (Wildman–Crippen MR) is 132 cm³/mol. The van der Waals surface area contributed by atoms with Gasteiger partial charge in [-0.05, 0) is 74.0 Å². The highest BCUT2D eigenvalue weighted by Crippen LogP contribution is 2.31. The number of oxime groups is 1. The second-order valence-electron chi connectivity index (χ2n) is 8.37. The number of ether oxygens (including phenoxy) is 1. The summed E-state index contributed by atoms with van der Waals surface area (Å²) in [5.74, 6) is 0.00656. The molecule has 168 valence electrons. The Morgan fingerprint density at radius 2 is 1.48 bits per heavy atom. The van der Waals surface area contributed by atoms with Crippen LogP contribution in [0.1, 0.15) is 35.3 Å². The van der Waals surface area contributed by atoms with E-state index in [0.717, 1.165) is 65.9 Å². The van der Waals surface area contributed by atoms with Crippen LogP contribution in [-0.4, -0.2) is 47.6 Å². The molecule has 1 aliphatic heterocycles. The van der Waals surface area contributed by atoms with Gasteiger partial charge in [0.1, 0.15) is 0 Å². The van der Waals surface area contributed by atoms with Crippen molar-refractivity contribution >= 4 is 39.0 Å². The number of benzene rings is 3. The molecule has 0 atom stereocenters. The Hall–Kier alpha value is -3.64. The molecule has 0 radical (unpaired) electrons. The molecule has 5 rings (SSSR count). The van der Waals surface area contributed by atoms with E-state index in [9.17, 15) is 10.0 Å². The summed E-state index contributed by atoms with van der Waals surface area (Å²) >= 11 is 0.